The standard InChI is InChI=1S/C17H25NO3/c1-3-21-15-7-5-14(6-8-15)16(19)13-18-11-4-9-17(2,20)10-12-18/h5-8,20H,3-4,9-13H2,1-2H3. The third-order valence-electron chi connectivity index (χ3n) is 4.01. The lowest BCUT2D eigenvalue weighted by atomic mass is 9.98. The minimum Gasteiger partial charge on any atom is -0.494 e. The van der Waals surface area contributed by atoms with E-state index in [-0.39, 0.29) is 5.78 Å². The van der Waals surface area contributed by atoms with Crippen molar-refractivity contribution in [3.8, 4) is 5.75 Å². The number of Topliss-reactive ketones (excluding diaryl/α,β-unsaturated/α-hetero) is 1. The van der Waals surface area contributed by atoms with Crippen molar-refractivity contribution < 1.29 is 14.6 Å². The number of ether oxygens (including phenoxy) is 1. The number of nitrogens with zero attached hydrogens (tertiary/aromatic N) is 1. The minimum absolute atomic E-state index is 0.125. The number of carbonyl (C=O) groups is 1. The Kier molecular flexibility index (Phi) is 5.37. The van der Waals surface area contributed by atoms with Crippen LogP contribution in [0.1, 0.15) is 43.5 Å². The van der Waals surface area contributed by atoms with Crippen molar-refractivity contribution in [3.05, 3.63) is 29.8 Å². The molecule has 0 saturated carbocycles. The topological polar surface area (TPSA) is 49.8 Å². The highest BCUT2D eigenvalue weighted by Crippen LogP contribution is 2.21. The zero-order valence-electron chi connectivity index (χ0n) is 13.0. The molecule has 0 spiro atoms. The van der Waals surface area contributed by atoms with Crippen molar-refractivity contribution in [2.45, 2.75) is 38.7 Å². The van der Waals surface area contributed by atoms with Crippen LogP contribution >= 0.6 is 0 Å². The van der Waals surface area contributed by atoms with Crippen molar-refractivity contribution >= 4 is 5.78 Å². The van der Waals surface area contributed by atoms with Gasteiger partial charge in [0.1, 0.15) is 5.75 Å². The smallest absolute Gasteiger partial charge is 0.176 e. The van der Waals surface area contributed by atoms with Gasteiger partial charge >= 0.3 is 0 Å². The van der Waals surface area contributed by atoms with Crippen LogP contribution in [0.2, 0.25) is 0 Å². The number of rotatable bonds is 5. The molecule has 0 radical (unpaired) electrons. The van der Waals surface area contributed by atoms with Gasteiger partial charge in [-0.1, -0.05) is 0 Å². The number of ketones is 1. The highest BCUT2D eigenvalue weighted by atomic mass is 16.5. The lowest BCUT2D eigenvalue weighted by Gasteiger charge is -2.21. The Morgan fingerprint density at radius 3 is 2.67 bits per heavy atom. The van der Waals surface area contributed by atoms with Crippen molar-refractivity contribution in [2.24, 2.45) is 0 Å². The summed E-state index contributed by atoms with van der Waals surface area (Å²) in [7, 11) is 0. The van der Waals surface area contributed by atoms with Gasteiger partial charge in [-0.2, -0.15) is 0 Å². The summed E-state index contributed by atoms with van der Waals surface area (Å²) in [5.74, 6) is 0.916. The van der Waals surface area contributed by atoms with Crippen LogP contribution in [0.3, 0.4) is 0 Å². The van der Waals surface area contributed by atoms with E-state index < -0.39 is 5.60 Å². The van der Waals surface area contributed by atoms with Gasteiger partial charge in [-0.15, -0.1) is 0 Å². The maximum Gasteiger partial charge on any atom is 0.176 e. The molecule has 4 heteroatoms. The molecule has 1 unspecified atom stereocenters. The molecule has 1 fully saturated rings. The van der Waals surface area contributed by atoms with E-state index in [4.69, 9.17) is 4.74 Å². The molecule has 1 N–H and O–H groups in total. The Hall–Kier alpha value is -1.39. The molecule has 1 heterocycles. The van der Waals surface area contributed by atoms with Crippen molar-refractivity contribution in [1.29, 1.82) is 0 Å². The SMILES string of the molecule is CCOc1ccc(C(=O)CN2CCCC(C)(O)CC2)cc1. The van der Waals surface area contributed by atoms with E-state index in [1.807, 2.05) is 38.1 Å². The molecule has 1 atom stereocenters. The molecule has 1 aromatic rings. The van der Waals surface area contributed by atoms with Gasteiger partial charge in [-0.25, -0.2) is 0 Å². The molecule has 0 bridgehead atoms. The summed E-state index contributed by atoms with van der Waals surface area (Å²) in [6.45, 7) is 6.51. The quantitative estimate of drug-likeness (QED) is 0.847. The van der Waals surface area contributed by atoms with Crippen molar-refractivity contribution in [2.75, 3.05) is 26.2 Å². The summed E-state index contributed by atoms with van der Waals surface area (Å²) < 4.78 is 5.38. The number of likely N-dealkylation sites (tertiary alicyclic amines) is 1. The van der Waals surface area contributed by atoms with Crippen LogP contribution in [0, 0.1) is 0 Å². The number of carbonyl (C=O) groups excluding carboxylic acids is 1. The van der Waals surface area contributed by atoms with Crippen LogP contribution in [-0.4, -0.2) is 47.6 Å². The van der Waals surface area contributed by atoms with Gasteiger partial charge in [0.05, 0.1) is 18.8 Å². The normalized spacial score (nSPS) is 23.6. The average molecular weight is 291 g/mol. The van der Waals surface area contributed by atoms with E-state index in [1.54, 1.807) is 0 Å². The second kappa shape index (κ2) is 7.05. The van der Waals surface area contributed by atoms with Gasteiger partial charge in [-0.05, 0) is 63.9 Å². The molecule has 0 aromatic heterocycles. The van der Waals surface area contributed by atoms with Crippen LogP contribution in [-0.2, 0) is 0 Å². The molecule has 1 aliphatic heterocycles. The Balaban J connectivity index is 1.91. The van der Waals surface area contributed by atoms with Crippen LogP contribution < -0.4 is 4.74 Å². The van der Waals surface area contributed by atoms with E-state index in [9.17, 15) is 9.90 Å². The maximum absolute atomic E-state index is 12.3. The number of aliphatic hydroxyl groups is 1. The van der Waals surface area contributed by atoms with E-state index in [1.165, 1.54) is 0 Å². The first-order valence-electron chi connectivity index (χ1n) is 7.71. The van der Waals surface area contributed by atoms with Gasteiger partial charge in [0.2, 0.25) is 0 Å². The highest BCUT2D eigenvalue weighted by Gasteiger charge is 2.25. The van der Waals surface area contributed by atoms with E-state index >= 15 is 0 Å². The molecule has 1 aromatic carbocycles. The monoisotopic (exact) mass is 291 g/mol. The van der Waals surface area contributed by atoms with E-state index in [0.29, 0.717) is 13.2 Å². The van der Waals surface area contributed by atoms with Crippen LogP contribution in [0.5, 0.6) is 5.75 Å². The molecule has 21 heavy (non-hydrogen) atoms. The Bertz CT molecular complexity index is 467. The van der Waals surface area contributed by atoms with Crippen molar-refractivity contribution in [3.63, 3.8) is 0 Å². The number of hydrogen-bond donors (Lipinski definition) is 1. The van der Waals surface area contributed by atoms with Gasteiger partial charge in [0.25, 0.3) is 0 Å². The van der Waals surface area contributed by atoms with Gasteiger partial charge < -0.3 is 9.84 Å². The fraction of sp³-hybridized carbons (Fsp3) is 0.588. The molecular weight excluding hydrogens is 266 g/mol. The van der Waals surface area contributed by atoms with Gasteiger partial charge in [0.15, 0.2) is 5.78 Å². The summed E-state index contributed by atoms with van der Waals surface area (Å²) in [6.07, 6.45) is 2.47. The van der Waals surface area contributed by atoms with Gasteiger partial charge in [0, 0.05) is 12.1 Å². The summed E-state index contributed by atoms with van der Waals surface area (Å²) in [4.78, 5) is 14.4. The Morgan fingerprint density at radius 1 is 1.29 bits per heavy atom. The second-order valence-corrected chi connectivity index (χ2v) is 6.01. The van der Waals surface area contributed by atoms with Crippen LogP contribution in [0.4, 0.5) is 0 Å². The Morgan fingerprint density at radius 2 is 2.00 bits per heavy atom. The highest BCUT2D eigenvalue weighted by molar-refractivity contribution is 5.97. The largest absolute Gasteiger partial charge is 0.494 e. The van der Waals surface area contributed by atoms with E-state index in [2.05, 4.69) is 4.90 Å². The molecule has 0 aliphatic carbocycles. The van der Waals surface area contributed by atoms with Crippen molar-refractivity contribution in [1.82, 2.24) is 4.90 Å². The van der Waals surface area contributed by atoms with Crippen LogP contribution in [0.25, 0.3) is 0 Å². The fourth-order valence-electron chi connectivity index (χ4n) is 2.68. The minimum atomic E-state index is -0.586. The van der Waals surface area contributed by atoms with E-state index in [0.717, 1.165) is 43.7 Å². The molecule has 1 aliphatic rings. The summed E-state index contributed by atoms with van der Waals surface area (Å²) in [5, 5.41) is 10.1. The third-order valence-corrected chi connectivity index (χ3v) is 4.01. The average Bonchev–Trinajstić information content (AvgIpc) is 2.61. The first kappa shape index (κ1) is 16.0. The fourth-order valence-corrected chi connectivity index (χ4v) is 2.68. The molecular formula is C17H25NO3. The first-order valence-corrected chi connectivity index (χ1v) is 7.71. The molecule has 0 amide bonds. The molecule has 2 rings (SSSR count). The Labute approximate surface area is 126 Å². The van der Waals surface area contributed by atoms with Gasteiger partial charge in [-0.3, -0.25) is 9.69 Å². The summed E-state index contributed by atoms with van der Waals surface area (Å²) in [5.41, 5.74) is 0.131. The number of benzene rings is 1. The third kappa shape index (κ3) is 4.83. The predicted octanol–water partition coefficient (Wildman–Crippen LogP) is 2.50. The predicted molar refractivity (Wildman–Crippen MR) is 82.9 cm³/mol. The first-order chi connectivity index (χ1) is 10.00. The zero-order valence-corrected chi connectivity index (χ0v) is 13.0. The molecule has 4 nitrogen and oxygen atoms in total. The molecule has 1 saturated heterocycles. The zero-order chi connectivity index (χ0) is 15.3. The maximum atomic E-state index is 12.3. The lowest BCUT2D eigenvalue weighted by molar-refractivity contribution is 0.0444. The van der Waals surface area contributed by atoms with Crippen LogP contribution in [0.15, 0.2) is 24.3 Å². The second-order valence-electron chi connectivity index (χ2n) is 6.01. The summed E-state index contributed by atoms with van der Waals surface area (Å²) >= 11 is 0. The summed E-state index contributed by atoms with van der Waals surface area (Å²) in [6, 6.07) is 7.32. The number of hydrogen-bond acceptors (Lipinski definition) is 4. The lowest BCUT2D eigenvalue weighted by Crippen LogP contribution is -2.32. The molecule has 116 valence electrons.